The molecule has 2 rings (SSSR count). The number of imidazole rings is 1. The van der Waals surface area contributed by atoms with Gasteiger partial charge in [-0.05, 0) is 31.5 Å². The van der Waals surface area contributed by atoms with E-state index in [0.29, 0.717) is 17.3 Å². The van der Waals surface area contributed by atoms with E-state index in [9.17, 15) is 13.2 Å². The number of fused-ring (bicyclic) bond motifs is 1. The molecule has 0 aliphatic carbocycles. The molecule has 0 amide bonds. The van der Waals surface area contributed by atoms with Crippen LogP contribution in [0.2, 0.25) is 0 Å². The number of H-pyrrole nitrogens is 1. The van der Waals surface area contributed by atoms with Crippen molar-refractivity contribution >= 4 is 22.8 Å². The van der Waals surface area contributed by atoms with Crippen LogP contribution < -0.4 is 5.73 Å². The van der Waals surface area contributed by atoms with Gasteiger partial charge < -0.3 is 10.7 Å². The first-order valence-electron chi connectivity index (χ1n) is 5.72. The minimum Gasteiger partial charge on any atom is -0.333 e. The highest BCUT2D eigenvalue weighted by Gasteiger charge is 2.43. The SMILES string of the molecule is Cc1ccc2nc(SC(C(C)N)C(F)(F)F)[nH]c2c1. The second kappa shape index (κ2) is 5.05. The number of nitrogens with two attached hydrogens (primary N) is 1. The van der Waals surface area contributed by atoms with Crippen LogP contribution in [-0.2, 0) is 0 Å². The Bertz CT molecular complexity index is 577. The van der Waals surface area contributed by atoms with Crippen LogP contribution in [0, 0.1) is 6.92 Å². The van der Waals surface area contributed by atoms with E-state index in [1.165, 1.54) is 6.92 Å². The number of hydrogen-bond acceptors (Lipinski definition) is 3. The van der Waals surface area contributed by atoms with E-state index in [-0.39, 0.29) is 5.16 Å². The molecule has 3 N–H and O–H groups in total. The second-order valence-corrected chi connectivity index (χ2v) is 5.63. The summed E-state index contributed by atoms with van der Waals surface area (Å²) in [7, 11) is 0. The lowest BCUT2D eigenvalue weighted by Crippen LogP contribution is -2.40. The molecule has 104 valence electrons. The van der Waals surface area contributed by atoms with Crippen molar-refractivity contribution < 1.29 is 13.2 Å². The van der Waals surface area contributed by atoms with E-state index < -0.39 is 17.5 Å². The topological polar surface area (TPSA) is 54.7 Å². The van der Waals surface area contributed by atoms with Gasteiger partial charge in [-0.15, -0.1) is 0 Å². The van der Waals surface area contributed by atoms with Crippen LogP contribution in [-0.4, -0.2) is 27.4 Å². The van der Waals surface area contributed by atoms with Crippen molar-refractivity contribution in [3.63, 3.8) is 0 Å². The molecule has 2 aromatic rings. The zero-order chi connectivity index (χ0) is 14.2. The lowest BCUT2D eigenvalue weighted by Gasteiger charge is -2.21. The molecule has 0 aliphatic heterocycles. The zero-order valence-corrected chi connectivity index (χ0v) is 11.3. The zero-order valence-electron chi connectivity index (χ0n) is 10.5. The van der Waals surface area contributed by atoms with E-state index in [4.69, 9.17) is 5.73 Å². The number of thioether (sulfide) groups is 1. The smallest absolute Gasteiger partial charge is 0.333 e. The highest BCUT2D eigenvalue weighted by Crippen LogP contribution is 2.36. The Hall–Kier alpha value is -1.21. The summed E-state index contributed by atoms with van der Waals surface area (Å²) in [6, 6.07) is 4.49. The van der Waals surface area contributed by atoms with Crippen molar-refractivity contribution in [3.05, 3.63) is 23.8 Å². The first-order chi connectivity index (χ1) is 8.77. The van der Waals surface area contributed by atoms with Crippen molar-refractivity contribution in [1.29, 1.82) is 0 Å². The summed E-state index contributed by atoms with van der Waals surface area (Å²) >= 11 is 0.619. The van der Waals surface area contributed by atoms with Gasteiger partial charge in [-0.3, -0.25) is 0 Å². The normalized spacial score (nSPS) is 15.7. The van der Waals surface area contributed by atoms with Crippen molar-refractivity contribution in [2.75, 3.05) is 0 Å². The molecule has 1 aromatic heterocycles. The minimum atomic E-state index is -4.35. The van der Waals surface area contributed by atoms with Gasteiger partial charge in [0.25, 0.3) is 0 Å². The Morgan fingerprint density at radius 3 is 2.63 bits per heavy atom. The molecule has 1 heterocycles. The molecular formula is C12H14F3N3S. The van der Waals surface area contributed by atoms with E-state index >= 15 is 0 Å². The standard InChI is InChI=1S/C12H14F3N3S/c1-6-3-4-8-9(5-6)18-11(17-8)19-10(7(2)16)12(13,14)15/h3-5,7,10H,16H2,1-2H3,(H,17,18). The summed E-state index contributed by atoms with van der Waals surface area (Å²) in [5, 5.41) is -1.44. The number of aromatic amines is 1. The molecule has 0 spiro atoms. The van der Waals surface area contributed by atoms with Crippen LogP contribution in [0.1, 0.15) is 12.5 Å². The third-order valence-electron chi connectivity index (χ3n) is 2.65. The average molecular weight is 289 g/mol. The second-order valence-electron chi connectivity index (χ2n) is 4.50. The average Bonchev–Trinajstić information content (AvgIpc) is 2.65. The first-order valence-corrected chi connectivity index (χ1v) is 6.60. The Morgan fingerprint density at radius 1 is 1.37 bits per heavy atom. The first kappa shape index (κ1) is 14.2. The van der Waals surface area contributed by atoms with Gasteiger partial charge >= 0.3 is 6.18 Å². The van der Waals surface area contributed by atoms with Gasteiger partial charge in [-0.2, -0.15) is 13.2 Å². The van der Waals surface area contributed by atoms with E-state index in [0.717, 1.165) is 11.1 Å². The summed E-state index contributed by atoms with van der Waals surface area (Å²) in [4.78, 5) is 7.03. The highest BCUT2D eigenvalue weighted by atomic mass is 32.2. The van der Waals surface area contributed by atoms with Crippen LogP contribution >= 0.6 is 11.8 Å². The Labute approximate surface area is 112 Å². The van der Waals surface area contributed by atoms with Crippen molar-refractivity contribution in [3.8, 4) is 0 Å². The van der Waals surface area contributed by atoms with Gasteiger partial charge in [0.2, 0.25) is 0 Å². The maximum Gasteiger partial charge on any atom is 0.402 e. The fourth-order valence-electron chi connectivity index (χ4n) is 1.75. The van der Waals surface area contributed by atoms with E-state index in [1.807, 2.05) is 19.1 Å². The lowest BCUT2D eigenvalue weighted by atomic mass is 10.2. The lowest BCUT2D eigenvalue weighted by molar-refractivity contribution is -0.131. The van der Waals surface area contributed by atoms with Crippen LogP contribution in [0.5, 0.6) is 0 Å². The molecule has 2 unspecified atom stereocenters. The molecule has 1 aromatic carbocycles. The van der Waals surface area contributed by atoms with Gasteiger partial charge in [0.1, 0.15) is 5.25 Å². The fourth-order valence-corrected chi connectivity index (χ4v) is 2.66. The van der Waals surface area contributed by atoms with Crippen molar-refractivity contribution in [1.82, 2.24) is 9.97 Å². The van der Waals surface area contributed by atoms with Gasteiger partial charge in [0.15, 0.2) is 5.16 Å². The van der Waals surface area contributed by atoms with E-state index in [2.05, 4.69) is 9.97 Å². The Balaban J connectivity index is 2.29. The molecule has 0 aliphatic rings. The number of benzene rings is 1. The largest absolute Gasteiger partial charge is 0.402 e. The predicted octanol–water partition coefficient (Wildman–Crippen LogP) is 3.24. The van der Waals surface area contributed by atoms with Crippen LogP contribution in [0.3, 0.4) is 0 Å². The van der Waals surface area contributed by atoms with Crippen LogP contribution in [0.25, 0.3) is 11.0 Å². The summed E-state index contributed by atoms with van der Waals surface area (Å²) in [6.45, 7) is 3.26. The Morgan fingerprint density at radius 2 is 2.05 bits per heavy atom. The molecule has 0 radical (unpaired) electrons. The monoisotopic (exact) mass is 289 g/mol. The molecule has 0 saturated carbocycles. The third-order valence-corrected chi connectivity index (χ3v) is 4.02. The maximum atomic E-state index is 12.8. The van der Waals surface area contributed by atoms with E-state index in [1.54, 1.807) is 6.07 Å². The van der Waals surface area contributed by atoms with Crippen LogP contribution in [0.15, 0.2) is 23.4 Å². The number of hydrogen-bond donors (Lipinski definition) is 2. The molecule has 0 bridgehead atoms. The molecule has 7 heteroatoms. The molecule has 19 heavy (non-hydrogen) atoms. The molecule has 2 atom stereocenters. The number of nitrogens with zero attached hydrogens (tertiary/aromatic N) is 1. The molecule has 0 fully saturated rings. The van der Waals surface area contributed by atoms with Gasteiger partial charge in [0, 0.05) is 6.04 Å². The predicted molar refractivity (Wildman–Crippen MR) is 70.2 cm³/mol. The summed E-state index contributed by atoms with van der Waals surface area (Å²) < 4.78 is 38.5. The van der Waals surface area contributed by atoms with Crippen molar-refractivity contribution in [2.45, 2.75) is 36.5 Å². The summed E-state index contributed by atoms with van der Waals surface area (Å²) in [5.74, 6) is 0. The van der Waals surface area contributed by atoms with Gasteiger partial charge in [-0.1, -0.05) is 17.8 Å². The number of aromatic nitrogens is 2. The molecule has 0 saturated heterocycles. The van der Waals surface area contributed by atoms with Crippen LogP contribution in [0.4, 0.5) is 13.2 Å². The molecule has 3 nitrogen and oxygen atoms in total. The van der Waals surface area contributed by atoms with Crippen molar-refractivity contribution in [2.24, 2.45) is 5.73 Å². The van der Waals surface area contributed by atoms with Gasteiger partial charge in [-0.25, -0.2) is 4.98 Å². The Kier molecular flexibility index (Phi) is 3.78. The minimum absolute atomic E-state index is 0.236. The quantitative estimate of drug-likeness (QED) is 0.853. The number of rotatable bonds is 3. The summed E-state index contributed by atoms with van der Waals surface area (Å²) in [6.07, 6.45) is -4.35. The highest BCUT2D eigenvalue weighted by molar-refractivity contribution is 7.99. The number of aryl methyl sites for hydroxylation is 1. The number of alkyl halides is 3. The maximum absolute atomic E-state index is 12.8. The number of halogens is 3. The number of nitrogens with one attached hydrogen (secondary N) is 1. The third kappa shape index (κ3) is 3.22. The van der Waals surface area contributed by atoms with Gasteiger partial charge in [0.05, 0.1) is 11.0 Å². The molecular weight excluding hydrogens is 275 g/mol. The fraction of sp³-hybridized carbons (Fsp3) is 0.417. The summed E-state index contributed by atoms with van der Waals surface area (Å²) in [5.41, 5.74) is 7.81.